The minimum Gasteiger partial charge on any atom is -0.394 e. The maximum absolute atomic E-state index is 9.73. The van der Waals surface area contributed by atoms with Crippen molar-refractivity contribution in [2.75, 3.05) is 6.61 Å². The van der Waals surface area contributed by atoms with Gasteiger partial charge in [0.2, 0.25) is 0 Å². The van der Waals surface area contributed by atoms with E-state index in [4.69, 9.17) is 4.98 Å². The number of aryl methyl sites for hydroxylation is 1. The van der Waals surface area contributed by atoms with Crippen LogP contribution in [0, 0.1) is 6.92 Å². The lowest BCUT2D eigenvalue weighted by Gasteiger charge is -2.15. The van der Waals surface area contributed by atoms with Crippen molar-refractivity contribution in [3.05, 3.63) is 57.8 Å². The molecule has 3 heterocycles. The summed E-state index contributed by atoms with van der Waals surface area (Å²) in [4.78, 5) is 6.02. The summed E-state index contributed by atoms with van der Waals surface area (Å²) in [6.07, 6.45) is 2.06. The number of imidazole rings is 1. The van der Waals surface area contributed by atoms with E-state index in [1.54, 1.807) is 11.3 Å². The van der Waals surface area contributed by atoms with Gasteiger partial charge >= 0.3 is 0 Å². The smallest absolute Gasteiger partial charge is 0.116 e. The predicted octanol–water partition coefficient (Wildman–Crippen LogP) is 3.65. The topological polar surface area (TPSA) is 49.6 Å². The van der Waals surface area contributed by atoms with E-state index in [1.165, 1.54) is 10.4 Å². The van der Waals surface area contributed by atoms with Crippen molar-refractivity contribution in [1.82, 2.24) is 14.7 Å². The number of pyridine rings is 1. The van der Waals surface area contributed by atoms with Crippen LogP contribution in [0.2, 0.25) is 0 Å². The van der Waals surface area contributed by atoms with E-state index >= 15 is 0 Å². The Labute approximate surface area is 140 Å². The fourth-order valence-corrected chi connectivity index (χ4v) is 3.86. The first kappa shape index (κ1) is 16.2. The molecule has 0 saturated heterocycles. The highest BCUT2D eigenvalue weighted by atomic mass is 32.1. The van der Waals surface area contributed by atoms with E-state index in [2.05, 4.69) is 54.2 Å². The molecule has 2 N–H and O–H groups in total. The number of aromatic nitrogens is 2. The summed E-state index contributed by atoms with van der Waals surface area (Å²) in [7, 11) is 0. The van der Waals surface area contributed by atoms with Crippen molar-refractivity contribution in [1.29, 1.82) is 0 Å². The molecule has 0 radical (unpaired) electrons. The van der Waals surface area contributed by atoms with E-state index in [0.29, 0.717) is 12.5 Å². The number of hydrogen-bond donors (Lipinski definition) is 2. The van der Waals surface area contributed by atoms with Crippen molar-refractivity contribution in [3.63, 3.8) is 0 Å². The van der Waals surface area contributed by atoms with Crippen molar-refractivity contribution in [2.45, 2.75) is 39.3 Å². The Morgan fingerprint density at radius 2 is 2.13 bits per heavy atom. The highest BCUT2D eigenvalue weighted by Crippen LogP contribution is 2.25. The molecular formula is C18H23N3OS. The molecule has 3 aromatic rings. The summed E-state index contributed by atoms with van der Waals surface area (Å²) in [5.41, 5.74) is 3.38. The molecule has 0 spiro atoms. The molecule has 0 aliphatic rings. The average Bonchev–Trinajstić information content (AvgIpc) is 3.13. The number of thiophene rings is 1. The van der Waals surface area contributed by atoms with Crippen LogP contribution in [-0.4, -0.2) is 21.1 Å². The predicted molar refractivity (Wildman–Crippen MR) is 95.0 cm³/mol. The van der Waals surface area contributed by atoms with Crippen LogP contribution in [0.1, 0.15) is 47.8 Å². The van der Waals surface area contributed by atoms with E-state index in [9.17, 15) is 5.11 Å². The van der Waals surface area contributed by atoms with Crippen molar-refractivity contribution in [2.24, 2.45) is 0 Å². The lowest BCUT2D eigenvalue weighted by Crippen LogP contribution is -2.24. The van der Waals surface area contributed by atoms with E-state index < -0.39 is 0 Å². The molecule has 0 fully saturated rings. The van der Waals surface area contributed by atoms with Gasteiger partial charge in [0, 0.05) is 23.5 Å². The molecule has 0 bridgehead atoms. The first-order valence-corrected chi connectivity index (χ1v) is 8.84. The first-order valence-electron chi connectivity index (χ1n) is 7.96. The van der Waals surface area contributed by atoms with Crippen LogP contribution >= 0.6 is 11.3 Å². The Kier molecular flexibility index (Phi) is 4.80. The van der Waals surface area contributed by atoms with Gasteiger partial charge in [0.25, 0.3) is 0 Å². The van der Waals surface area contributed by atoms with Crippen LogP contribution < -0.4 is 5.32 Å². The monoisotopic (exact) mass is 329 g/mol. The molecule has 122 valence electrons. The number of fused-ring (bicyclic) bond motifs is 1. The Morgan fingerprint density at radius 1 is 1.30 bits per heavy atom. The Bertz CT molecular complexity index is 791. The van der Waals surface area contributed by atoms with Crippen LogP contribution in [0.15, 0.2) is 35.8 Å². The van der Waals surface area contributed by atoms with Gasteiger partial charge in [-0.3, -0.25) is 0 Å². The number of rotatable bonds is 6. The van der Waals surface area contributed by atoms with Gasteiger partial charge in [0.15, 0.2) is 0 Å². The summed E-state index contributed by atoms with van der Waals surface area (Å²) in [6.45, 7) is 7.13. The molecule has 0 aliphatic heterocycles. The summed E-state index contributed by atoms with van der Waals surface area (Å²) in [6, 6.07) is 8.21. The third kappa shape index (κ3) is 3.17. The number of nitrogens with one attached hydrogen (secondary N) is 1. The average molecular weight is 329 g/mol. The molecule has 5 heteroatoms. The highest BCUT2D eigenvalue weighted by Gasteiger charge is 2.17. The van der Waals surface area contributed by atoms with Gasteiger partial charge in [0.05, 0.1) is 23.9 Å². The fraction of sp³-hybridized carbons (Fsp3) is 0.389. The minimum absolute atomic E-state index is 0.0436. The summed E-state index contributed by atoms with van der Waals surface area (Å²) < 4.78 is 2.16. The Hall–Kier alpha value is -1.69. The normalized spacial score (nSPS) is 13.1. The molecule has 3 rings (SSSR count). The number of hydrogen-bond acceptors (Lipinski definition) is 4. The van der Waals surface area contributed by atoms with Crippen LogP contribution in [0.5, 0.6) is 0 Å². The van der Waals surface area contributed by atoms with Crippen molar-refractivity contribution in [3.8, 4) is 0 Å². The van der Waals surface area contributed by atoms with Crippen LogP contribution in [0.25, 0.3) is 5.52 Å². The molecule has 0 amide bonds. The van der Waals surface area contributed by atoms with Gasteiger partial charge in [-0.25, -0.2) is 4.98 Å². The lowest BCUT2D eigenvalue weighted by molar-refractivity contribution is 0.245. The second-order valence-electron chi connectivity index (χ2n) is 6.11. The van der Waals surface area contributed by atoms with Crippen LogP contribution in [0.3, 0.4) is 0 Å². The van der Waals surface area contributed by atoms with Crippen LogP contribution in [0.4, 0.5) is 0 Å². The molecule has 0 aliphatic carbocycles. The Morgan fingerprint density at radius 3 is 2.78 bits per heavy atom. The van der Waals surface area contributed by atoms with Gasteiger partial charge in [-0.15, -0.1) is 11.3 Å². The van der Waals surface area contributed by atoms with E-state index in [1.807, 2.05) is 12.1 Å². The van der Waals surface area contributed by atoms with Crippen LogP contribution in [-0.2, 0) is 6.54 Å². The van der Waals surface area contributed by atoms with Gasteiger partial charge < -0.3 is 14.8 Å². The number of nitrogens with zero attached hydrogens (tertiary/aromatic N) is 2. The molecule has 23 heavy (non-hydrogen) atoms. The number of aliphatic hydroxyl groups is 1. The lowest BCUT2D eigenvalue weighted by atomic mass is 10.1. The fourth-order valence-electron chi connectivity index (χ4n) is 2.87. The second kappa shape index (κ2) is 6.83. The zero-order valence-corrected chi connectivity index (χ0v) is 14.6. The summed E-state index contributed by atoms with van der Waals surface area (Å²) >= 11 is 1.68. The molecule has 1 atom stereocenters. The van der Waals surface area contributed by atoms with Gasteiger partial charge in [0.1, 0.15) is 5.82 Å². The molecular weight excluding hydrogens is 306 g/mol. The first-order chi connectivity index (χ1) is 11.1. The largest absolute Gasteiger partial charge is 0.394 e. The molecule has 0 saturated carbocycles. The zero-order valence-electron chi connectivity index (χ0n) is 13.8. The zero-order chi connectivity index (χ0) is 16.4. The van der Waals surface area contributed by atoms with Crippen molar-refractivity contribution < 1.29 is 5.11 Å². The van der Waals surface area contributed by atoms with E-state index in [-0.39, 0.29) is 12.6 Å². The number of aliphatic hydroxyl groups excluding tert-OH is 1. The van der Waals surface area contributed by atoms with Gasteiger partial charge in [-0.05, 0) is 36.1 Å². The maximum atomic E-state index is 9.73. The quantitative estimate of drug-likeness (QED) is 0.726. The molecule has 3 aromatic heterocycles. The Balaban J connectivity index is 1.86. The maximum Gasteiger partial charge on any atom is 0.116 e. The summed E-state index contributed by atoms with van der Waals surface area (Å²) in [5, 5.41) is 15.3. The SMILES string of the molecule is Cc1ccsc1C(CO)NCc1nc(C(C)C)n2ccccc12. The second-order valence-corrected chi connectivity index (χ2v) is 7.06. The van der Waals surface area contributed by atoms with Gasteiger partial charge in [-0.1, -0.05) is 19.9 Å². The van der Waals surface area contributed by atoms with E-state index in [0.717, 1.165) is 17.0 Å². The minimum atomic E-state index is -0.0436. The van der Waals surface area contributed by atoms with Crippen molar-refractivity contribution >= 4 is 16.9 Å². The third-order valence-electron chi connectivity index (χ3n) is 4.08. The highest BCUT2D eigenvalue weighted by molar-refractivity contribution is 7.10. The summed E-state index contributed by atoms with van der Waals surface area (Å²) in [5.74, 6) is 1.44. The molecule has 1 unspecified atom stereocenters. The standard InChI is InChI=1S/C18H23N3OS/c1-12(2)18-20-14(16-6-4-5-8-21(16)18)10-19-15(11-22)17-13(3)7-9-23-17/h4-9,12,15,19,22H,10-11H2,1-3H3. The molecule has 0 aromatic carbocycles. The third-order valence-corrected chi connectivity index (χ3v) is 5.22. The van der Waals surface area contributed by atoms with Gasteiger partial charge in [-0.2, -0.15) is 0 Å². The molecule has 4 nitrogen and oxygen atoms in total.